The molecule has 2 aromatic rings. The molecule has 0 atom stereocenters. The van der Waals surface area contributed by atoms with Crippen LogP contribution in [0.15, 0.2) is 23.0 Å². The number of carboxylic acids is 1. The molecular formula is C12H13NO3S. The number of fused-ring (bicyclic) bond motifs is 1. The van der Waals surface area contributed by atoms with Crippen molar-refractivity contribution in [3.05, 3.63) is 33.4 Å². The maximum absolute atomic E-state index is 11.7. The van der Waals surface area contributed by atoms with E-state index in [1.807, 2.05) is 18.2 Å². The Morgan fingerprint density at radius 2 is 2.18 bits per heavy atom. The van der Waals surface area contributed by atoms with Crippen molar-refractivity contribution < 1.29 is 9.90 Å². The summed E-state index contributed by atoms with van der Waals surface area (Å²) in [5, 5.41) is 8.76. The molecule has 0 aliphatic carbocycles. The topological polar surface area (TPSA) is 59.3 Å². The van der Waals surface area contributed by atoms with Gasteiger partial charge in [-0.15, -0.1) is 0 Å². The number of aromatic nitrogens is 1. The van der Waals surface area contributed by atoms with Gasteiger partial charge in [0.2, 0.25) is 0 Å². The molecule has 4 nitrogen and oxygen atoms in total. The SMILES string of the molecule is CC(C)c1ccc2c(c1)sc(=O)n2CC(=O)O. The largest absolute Gasteiger partial charge is 0.480 e. The smallest absolute Gasteiger partial charge is 0.323 e. The van der Waals surface area contributed by atoms with Crippen LogP contribution >= 0.6 is 11.3 Å². The van der Waals surface area contributed by atoms with Crippen molar-refractivity contribution in [3.8, 4) is 0 Å². The van der Waals surface area contributed by atoms with E-state index in [1.54, 1.807) is 0 Å². The summed E-state index contributed by atoms with van der Waals surface area (Å²) < 4.78 is 2.15. The van der Waals surface area contributed by atoms with Gasteiger partial charge in [0.25, 0.3) is 0 Å². The zero-order valence-electron chi connectivity index (χ0n) is 9.64. The minimum absolute atomic E-state index is 0.219. The van der Waals surface area contributed by atoms with Crippen molar-refractivity contribution >= 4 is 27.5 Å². The van der Waals surface area contributed by atoms with Crippen LogP contribution in [0, 0.1) is 0 Å². The van der Waals surface area contributed by atoms with E-state index in [0.717, 1.165) is 21.6 Å². The minimum atomic E-state index is -1.00. The highest BCUT2D eigenvalue weighted by Gasteiger charge is 2.11. The summed E-state index contributed by atoms with van der Waals surface area (Å²) in [5.41, 5.74) is 1.85. The van der Waals surface area contributed by atoms with Gasteiger partial charge in [-0.05, 0) is 23.6 Å². The third-order valence-corrected chi connectivity index (χ3v) is 3.59. The molecule has 1 aromatic carbocycles. The molecule has 1 aromatic heterocycles. The van der Waals surface area contributed by atoms with Crippen molar-refractivity contribution in [2.75, 3.05) is 0 Å². The van der Waals surface area contributed by atoms with Gasteiger partial charge < -0.3 is 5.11 Å². The number of thiazole rings is 1. The maximum atomic E-state index is 11.7. The summed E-state index contributed by atoms with van der Waals surface area (Å²) in [4.78, 5) is 22.1. The van der Waals surface area contributed by atoms with Gasteiger partial charge in [-0.2, -0.15) is 0 Å². The highest BCUT2D eigenvalue weighted by Crippen LogP contribution is 2.23. The summed E-state index contributed by atoms with van der Waals surface area (Å²) in [7, 11) is 0. The second kappa shape index (κ2) is 4.33. The highest BCUT2D eigenvalue weighted by atomic mass is 32.1. The van der Waals surface area contributed by atoms with E-state index in [1.165, 1.54) is 4.57 Å². The van der Waals surface area contributed by atoms with E-state index in [0.29, 0.717) is 11.4 Å². The number of nitrogens with zero attached hydrogens (tertiary/aromatic N) is 1. The molecule has 0 bridgehead atoms. The predicted molar refractivity (Wildman–Crippen MR) is 67.8 cm³/mol. The fraction of sp³-hybridized carbons (Fsp3) is 0.333. The van der Waals surface area contributed by atoms with Crippen LogP contribution in [0.25, 0.3) is 10.2 Å². The van der Waals surface area contributed by atoms with Crippen molar-refractivity contribution in [2.24, 2.45) is 0 Å². The molecule has 2 rings (SSSR count). The molecule has 0 aliphatic heterocycles. The van der Waals surface area contributed by atoms with Crippen molar-refractivity contribution in [3.63, 3.8) is 0 Å². The predicted octanol–water partition coefficient (Wildman–Crippen LogP) is 2.27. The van der Waals surface area contributed by atoms with Gasteiger partial charge in [-0.1, -0.05) is 31.3 Å². The number of hydrogen-bond acceptors (Lipinski definition) is 3. The van der Waals surface area contributed by atoms with Crippen LogP contribution < -0.4 is 4.87 Å². The van der Waals surface area contributed by atoms with E-state index < -0.39 is 5.97 Å². The molecule has 0 spiro atoms. The highest BCUT2D eigenvalue weighted by molar-refractivity contribution is 7.16. The molecule has 1 heterocycles. The molecule has 1 N–H and O–H groups in total. The van der Waals surface area contributed by atoms with Gasteiger partial charge in [0.1, 0.15) is 6.54 Å². The molecule has 0 unspecified atom stereocenters. The van der Waals surface area contributed by atoms with Gasteiger partial charge in [0.05, 0.1) is 10.2 Å². The van der Waals surface area contributed by atoms with Crippen LogP contribution in [0.5, 0.6) is 0 Å². The van der Waals surface area contributed by atoms with Crippen LogP contribution in [-0.2, 0) is 11.3 Å². The Labute approximate surface area is 102 Å². The molecule has 0 radical (unpaired) electrons. The number of benzene rings is 1. The van der Waals surface area contributed by atoms with Crippen molar-refractivity contribution in [1.82, 2.24) is 4.57 Å². The third-order valence-electron chi connectivity index (χ3n) is 2.65. The molecule has 17 heavy (non-hydrogen) atoms. The Morgan fingerprint density at radius 1 is 1.47 bits per heavy atom. The first-order valence-electron chi connectivity index (χ1n) is 5.34. The molecule has 90 valence electrons. The molecule has 0 fully saturated rings. The molecule has 0 saturated carbocycles. The number of carbonyl (C=O) groups is 1. The van der Waals surface area contributed by atoms with E-state index >= 15 is 0 Å². The van der Waals surface area contributed by atoms with E-state index in [4.69, 9.17) is 5.11 Å². The number of carboxylic acid groups (broad SMARTS) is 1. The van der Waals surface area contributed by atoms with Crippen molar-refractivity contribution in [1.29, 1.82) is 0 Å². The van der Waals surface area contributed by atoms with E-state index in [-0.39, 0.29) is 11.4 Å². The monoisotopic (exact) mass is 251 g/mol. The maximum Gasteiger partial charge on any atom is 0.323 e. The average molecular weight is 251 g/mol. The lowest BCUT2D eigenvalue weighted by atomic mass is 10.0. The third kappa shape index (κ3) is 2.24. The van der Waals surface area contributed by atoms with Gasteiger partial charge in [0, 0.05) is 0 Å². The first-order valence-corrected chi connectivity index (χ1v) is 6.16. The Balaban J connectivity index is 2.60. The van der Waals surface area contributed by atoms with Crippen LogP contribution in [0.1, 0.15) is 25.3 Å². The first kappa shape index (κ1) is 11.9. The van der Waals surface area contributed by atoms with Crippen LogP contribution in [0.2, 0.25) is 0 Å². The van der Waals surface area contributed by atoms with Crippen LogP contribution in [-0.4, -0.2) is 15.6 Å². The average Bonchev–Trinajstić information content (AvgIpc) is 2.54. The minimum Gasteiger partial charge on any atom is -0.480 e. The summed E-state index contributed by atoms with van der Waals surface area (Å²) >= 11 is 1.10. The fourth-order valence-electron chi connectivity index (χ4n) is 1.73. The van der Waals surface area contributed by atoms with Crippen molar-refractivity contribution in [2.45, 2.75) is 26.3 Å². The summed E-state index contributed by atoms with van der Waals surface area (Å²) in [6.07, 6.45) is 0. The molecule has 5 heteroatoms. The molecule has 0 amide bonds. The molecule has 0 saturated heterocycles. The summed E-state index contributed by atoms with van der Waals surface area (Å²) in [6.45, 7) is 3.89. The van der Waals surface area contributed by atoms with E-state index in [2.05, 4.69) is 13.8 Å². The second-order valence-corrected chi connectivity index (χ2v) is 5.22. The molecular weight excluding hydrogens is 238 g/mol. The Morgan fingerprint density at radius 3 is 2.76 bits per heavy atom. The first-order chi connectivity index (χ1) is 7.99. The Hall–Kier alpha value is -1.62. The zero-order valence-corrected chi connectivity index (χ0v) is 10.5. The van der Waals surface area contributed by atoms with Gasteiger partial charge in [0.15, 0.2) is 0 Å². The fourth-order valence-corrected chi connectivity index (χ4v) is 2.67. The number of hydrogen-bond donors (Lipinski definition) is 1. The standard InChI is InChI=1S/C12H13NO3S/c1-7(2)8-3-4-9-10(5-8)17-12(16)13(9)6-11(14)15/h3-5,7H,6H2,1-2H3,(H,14,15). The second-order valence-electron chi connectivity index (χ2n) is 4.23. The lowest BCUT2D eigenvalue weighted by Gasteiger charge is -2.05. The van der Waals surface area contributed by atoms with Gasteiger partial charge in [-0.3, -0.25) is 14.2 Å². The van der Waals surface area contributed by atoms with Crippen LogP contribution in [0.3, 0.4) is 0 Å². The number of rotatable bonds is 3. The molecule has 0 aliphatic rings. The lowest BCUT2D eigenvalue weighted by Crippen LogP contribution is -2.18. The zero-order chi connectivity index (χ0) is 12.6. The van der Waals surface area contributed by atoms with Gasteiger partial charge in [-0.25, -0.2) is 0 Å². The van der Waals surface area contributed by atoms with E-state index in [9.17, 15) is 9.59 Å². The normalized spacial score (nSPS) is 11.2. The summed E-state index contributed by atoms with van der Waals surface area (Å²) in [5.74, 6) is -0.607. The quantitative estimate of drug-likeness (QED) is 0.910. The van der Waals surface area contributed by atoms with Gasteiger partial charge >= 0.3 is 10.8 Å². The van der Waals surface area contributed by atoms with Crippen LogP contribution in [0.4, 0.5) is 0 Å². The lowest BCUT2D eigenvalue weighted by molar-refractivity contribution is -0.137. The Bertz CT molecular complexity index is 624. The Kier molecular flexibility index (Phi) is 3.02. The summed E-state index contributed by atoms with van der Waals surface area (Å²) in [6, 6.07) is 5.73. The number of aliphatic carboxylic acids is 1.